The van der Waals surface area contributed by atoms with Crippen LogP contribution < -0.4 is 0 Å². The molecule has 1 heterocycles. The van der Waals surface area contributed by atoms with Gasteiger partial charge in [0.1, 0.15) is 11.8 Å². The molecular formula is C14H12N2O3. The van der Waals surface area contributed by atoms with Gasteiger partial charge in [-0.1, -0.05) is 30.3 Å². The van der Waals surface area contributed by atoms with Crippen LogP contribution in [0.25, 0.3) is 0 Å². The number of carboxylic acids is 1. The quantitative estimate of drug-likeness (QED) is 0.873. The Bertz CT molecular complexity index is 626. The number of carboxylic acid groups (broad SMARTS) is 1. The smallest absolute Gasteiger partial charge is 0.352 e. The molecule has 5 nitrogen and oxygen atoms in total. The number of hydrogen-bond donors (Lipinski definition) is 2. The van der Waals surface area contributed by atoms with Crippen LogP contribution in [0.5, 0.6) is 0 Å². The first-order chi connectivity index (χ1) is 9.11. The molecular weight excluding hydrogens is 244 g/mol. The van der Waals surface area contributed by atoms with E-state index in [0.717, 1.165) is 0 Å². The lowest BCUT2D eigenvalue weighted by molar-refractivity contribution is 0.0679. The van der Waals surface area contributed by atoms with Gasteiger partial charge >= 0.3 is 5.97 Å². The zero-order valence-electron chi connectivity index (χ0n) is 10.0. The van der Waals surface area contributed by atoms with Crippen molar-refractivity contribution in [1.82, 2.24) is 4.57 Å². The van der Waals surface area contributed by atoms with E-state index in [4.69, 9.17) is 10.4 Å². The molecule has 0 fully saturated rings. The highest BCUT2D eigenvalue weighted by atomic mass is 16.4. The van der Waals surface area contributed by atoms with Gasteiger partial charge in [-0.25, -0.2) is 4.79 Å². The molecule has 2 rings (SSSR count). The normalized spacial score (nSPS) is 11.8. The summed E-state index contributed by atoms with van der Waals surface area (Å²) in [6, 6.07) is 12.1. The molecule has 0 radical (unpaired) electrons. The number of nitrogens with zero attached hydrogens (tertiary/aromatic N) is 2. The number of aromatic carboxylic acids is 1. The van der Waals surface area contributed by atoms with Gasteiger partial charge in [0.2, 0.25) is 0 Å². The summed E-state index contributed by atoms with van der Waals surface area (Å²) >= 11 is 0. The molecule has 0 aliphatic carbocycles. The van der Waals surface area contributed by atoms with E-state index in [9.17, 15) is 9.90 Å². The highest BCUT2D eigenvalue weighted by molar-refractivity contribution is 5.86. The predicted octanol–water partition coefficient (Wildman–Crippen LogP) is 1.79. The molecule has 5 heteroatoms. The minimum Gasteiger partial charge on any atom is -0.477 e. The second-order valence-corrected chi connectivity index (χ2v) is 4.11. The molecule has 2 aromatic rings. The predicted molar refractivity (Wildman–Crippen MR) is 67.5 cm³/mol. The third-order valence-corrected chi connectivity index (χ3v) is 2.80. The molecule has 0 amide bonds. The molecule has 1 aromatic carbocycles. The van der Waals surface area contributed by atoms with Crippen LogP contribution in [-0.2, 0) is 6.54 Å². The first kappa shape index (κ1) is 12.9. The zero-order chi connectivity index (χ0) is 13.8. The molecule has 96 valence electrons. The summed E-state index contributed by atoms with van der Waals surface area (Å²) in [5.41, 5.74) is 0.954. The lowest BCUT2D eigenvalue weighted by Gasteiger charge is -2.13. The van der Waals surface area contributed by atoms with E-state index in [-0.39, 0.29) is 17.8 Å². The highest BCUT2D eigenvalue weighted by Crippen LogP contribution is 2.17. The van der Waals surface area contributed by atoms with Crippen LogP contribution in [0.4, 0.5) is 0 Å². The van der Waals surface area contributed by atoms with Gasteiger partial charge in [0.05, 0.1) is 18.2 Å². The van der Waals surface area contributed by atoms with Crippen molar-refractivity contribution in [2.75, 3.05) is 0 Å². The van der Waals surface area contributed by atoms with Crippen LogP contribution in [0.3, 0.4) is 0 Å². The van der Waals surface area contributed by atoms with Crippen LogP contribution in [0.1, 0.15) is 27.7 Å². The molecule has 1 atom stereocenters. The Labute approximate surface area is 110 Å². The van der Waals surface area contributed by atoms with Gasteiger partial charge in [-0.05, 0) is 11.6 Å². The number of benzene rings is 1. The lowest BCUT2D eigenvalue weighted by atomic mass is 10.1. The van der Waals surface area contributed by atoms with Crippen LogP contribution in [0.2, 0.25) is 0 Å². The Hall–Kier alpha value is -2.58. The number of rotatable bonds is 4. The monoisotopic (exact) mass is 256 g/mol. The van der Waals surface area contributed by atoms with E-state index in [1.54, 1.807) is 24.3 Å². The van der Waals surface area contributed by atoms with E-state index in [1.807, 2.05) is 12.1 Å². The lowest BCUT2D eigenvalue weighted by Crippen LogP contribution is -2.13. The summed E-state index contributed by atoms with van der Waals surface area (Å²) in [5, 5.41) is 27.9. The van der Waals surface area contributed by atoms with Gasteiger partial charge in [0.25, 0.3) is 0 Å². The maximum absolute atomic E-state index is 11.1. The number of nitriles is 1. The number of aliphatic hydroxyl groups excluding tert-OH is 1. The second-order valence-electron chi connectivity index (χ2n) is 4.11. The van der Waals surface area contributed by atoms with Crippen molar-refractivity contribution in [1.29, 1.82) is 5.26 Å². The largest absolute Gasteiger partial charge is 0.477 e. The van der Waals surface area contributed by atoms with Gasteiger partial charge in [0, 0.05) is 6.20 Å². The molecule has 0 bridgehead atoms. The molecule has 1 aromatic heterocycles. The van der Waals surface area contributed by atoms with Crippen molar-refractivity contribution in [3.05, 3.63) is 59.4 Å². The number of aliphatic hydroxyl groups is 1. The van der Waals surface area contributed by atoms with Gasteiger partial charge in [-0.15, -0.1) is 0 Å². The third-order valence-electron chi connectivity index (χ3n) is 2.80. The fourth-order valence-corrected chi connectivity index (χ4v) is 1.87. The Morgan fingerprint density at radius 1 is 1.37 bits per heavy atom. The topological polar surface area (TPSA) is 86.3 Å². The summed E-state index contributed by atoms with van der Waals surface area (Å²) in [4.78, 5) is 11.1. The average molecular weight is 256 g/mol. The van der Waals surface area contributed by atoms with Gasteiger partial charge in [-0.3, -0.25) is 0 Å². The maximum Gasteiger partial charge on any atom is 0.352 e. The van der Waals surface area contributed by atoms with Crippen molar-refractivity contribution in [2.45, 2.75) is 12.6 Å². The highest BCUT2D eigenvalue weighted by Gasteiger charge is 2.16. The molecule has 0 aliphatic heterocycles. The molecule has 2 N–H and O–H groups in total. The van der Waals surface area contributed by atoms with Crippen LogP contribution in [0.15, 0.2) is 42.6 Å². The summed E-state index contributed by atoms with van der Waals surface area (Å²) < 4.78 is 1.37. The average Bonchev–Trinajstić information content (AvgIpc) is 2.83. The SMILES string of the molecule is N#Cc1cc(C(=O)O)n(CC(O)c2ccccc2)c1. The summed E-state index contributed by atoms with van der Waals surface area (Å²) in [7, 11) is 0. The van der Waals surface area contributed by atoms with E-state index < -0.39 is 12.1 Å². The number of aromatic nitrogens is 1. The fourth-order valence-electron chi connectivity index (χ4n) is 1.87. The molecule has 19 heavy (non-hydrogen) atoms. The third kappa shape index (κ3) is 2.81. The molecule has 0 aliphatic rings. The summed E-state index contributed by atoms with van der Waals surface area (Å²) in [6.45, 7) is 0.0906. The van der Waals surface area contributed by atoms with Crippen LogP contribution in [0, 0.1) is 11.3 Å². The van der Waals surface area contributed by atoms with Crippen molar-refractivity contribution < 1.29 is 15.0 Å². The minimum absolute atomic E-state index is 0.00784. The zero-order valence-corrected chi connectivity index (χ0v) is 10.0. The number of carbonyl (C=O) groups is 1. The second kappa shape index (κ2) is 5.38. The van der Waals surface area contributed by atoms with Gasteiger partial charge < -0.3 is 14.8 Å². The summed E-state index contributed by atoms with van der Waals surface area (Å²) in [6.07, 6.45) is 0.605. The Kier molecular flexibility index (Phi) is 3.64. The first-order valence-electron chi connectivity index (χ1n) is 5.68. The molecule has 0 spiro atoms. The maximum atomic E-state index is 11.1. The van der Waals surface area contributed by atoms with Gasteiger partial charge in [0.15, 0.2) is 0 Å². The van der Waals surface area contributed by atoms with Crippen LogP contribution in [-0.4, -0.2) is 20.7 Å². The Morgan fingerprint density at radius 3 is 2.63 bits per heavy atom. The van der Waals surface area contributed by atoms with Crippen molar-refractivity contribution in [3.8, 4) is 6.07 Å². The van der Waals surface area contributed by atoms with Crippen LogP contribution >= 0.6 is 0 Å². The summed E-state index contributed by atoms with van der Waals surface area (Å²) in [5.74, 6) is -1.12. The standard InChI is InChI=1S/C14H12N2O3/c15-7-10-6-12(14(18)19)16(8-10)9-13(17)11-4-2-1-3-5-11/h1-6,8,13,17H,9H2,(H,18,19). The molecule has 1 unspecified atom stereocenters. The van der Waals surface area contributed by atoms with E-state index >= 15 is 0 Å². The molecule has 0 saturated heterocycles. The molecule has 0 saturated carbocycles. The van der Waals surface area contributed by atoms with Gasteiger partial charge in [-0.2, -0.15) is 5.26 Å². The van der Waals surface area contributed by atoms with Crippen molar-refractivity contribution >= 4 is 5.97 Å². The first-order valence-corrected chi connectivity index (χ1v) is 5.68. The van der Waals surface area contributed by atoms with Crippen molar-refractivity contribution in [2.24, 2.45) is 0 Å². The van der Waals surface area contributed by atoms with E-state index in [2.05, 4.69) is 0 Å². The number of hydrogen-bond acceptors (Lipinski definition) is 3. The van der Waals surface area contributed by atoms with Crippen molar-refractivity contribution in [3.63, 3.8) is 0 Å². The Balaban J connectivity index is 2.26. The minimum atomic E-state index is -1.12. The van der Waals surface area contributed by atoms with E-state index in [0.29, 0.717) is 5.56 Å². The Morgan fingerprint density at radius 2 is 2.05 bits per heavy atom. The van der Waals surface area contributed by atoms with E-state index in [1.165, 1.54) is 16.8 Å². The fraction of sp³-hybridized carbons (Fsp3) is 0.143.